The van der Waals surface area contributed by atoms with E-state index < -0.39 is 5.91 Å². The Hall–Kier alpha value is -2.22. The van der Waals surface area contributed by atoms with Gasteiger partial charge in [0.15, 0.2) is 0 Å². The Balaban J connectivity index is 1.65. The van der Waals surface area contributed by atoms with E-state index in [1.165, 1.54) is 0 Å². The molecule has 2 aromatic heterocycles. The summed E-state index contributed by atoms with van der Waals surface area (Å²) in [6.07, 6.45) is 5.53. The van der Waals surface area contributed by atoms with Gasteiger partial charge in [0.1, 0.15) is 0 Å². The van der Waals surface area contributed by atoms with Crippen LogP contribution in [0.4, 0.5) is 0 Å². The summed E-state index contributed by atoms with van der Waals surface area (Å²) in [6.45, 7) is 2.21. The zero-order valence-corrected chi connectivity index (χ0v) is 12.8. The Morgan fingerprint density at radius 1 is 1.36 bits per heavy atom. The van der Waals surface area contributed by atoms with Gasteiger partial charge in [-0.15, -0.1) is 16.4 Å². The molecule has 0 saturated carbocycles. The van der Waals surface area contributed by atoms with Crippen LogP contribution in [-0.4, -0.2) is 44.8 Å². The molecular weight excluding hydrogens is 302 g/mol. The summed E-state index contributed by atoms with van der Waals surface area (Å²) in [7, 11) is 0. The third-order valence-electron chi connectivity index (χ3n) is 3.78. The second kappa shape index (κ2) is 6.27. The Morgan fingerprint density at radius 2 is 2.18 bits per heavy atom. The molecule has 2 aromatic rings. The van der Waals surface area contributed by atoms with Crippen molar-refractivity contribution in [2.24, 2.45) is 11.7 Å². The lowest BCUT2D eigenvalue weighted by Crippen LogP contribution is -2.40. The fraction of sp³-hybridized carbons (Fsp3) is 0.429. The molecule has 22 heavy (non-hydrogen) atoms. The summed E-state index contributed by atoms with van der Waals surface area (Å²) in [5.74, 6) is -0.150. The van der Waals surface area contributed by atoms with Crippen molar-refractivity contribution in [2.75, 3.05) is 13.1 Å². The quantitative estimate of drug-likeness (QED) is 0.909. The number of primary amides is 1. The number of likely N-dealkylation sites (tertiary alicyclic amines) is 1. The van der Waals surface area contributed by atoms with Gasteiger partial charge < -0.3 is 10.6 Å². The largest absolute Gasteiger partial charge is 0.365 e. The Bertz CT molecular complexity index is 667. The molecule has 2 amide bonds. The van der Waals surface area contributed by atoms with Gasteiger partial charge in [-0.3, -0.25) is 14.3 Å². The highest BCUT2D eigenvalue weighted by atomic mass is 32.1. The van der Waals surface area contributed by atoms with Crippen LogP contribution in [-0.2, 0) is 6.54 Å². The van der Waals surface area contributed by atoms with Crippen molar-refractivity contribution < 1.29 is 9.59 Å². The van der Waals surface area contributed by atoms with Gasteiger partial charge in [-0.25, -0.2) is 0 Å². The molecule has 0 bridgehead atoms. The van der Waals surface area contributed by atoms with E-state index in [4.69, 9.17) is 5.73 Å². The summed E-state index contributed by atoms with van der Waals surface area (Å²) in [6, 6.07) is 3.28. The number of amides is 2. The monoisotopic (exact) mass is 319 g/mol. The molecule has 116 valence electrons. The van der Waals surface area contributed by atoms with Crippen LogP contribution in [0.15, 0.2) is 24.5 Å². The summed E-state index contributed by atoms with van der Waals surface area (Å²) in [4.78, 5) is 26.5. The molecule has 3 rings (SSSR count). The van der Waals surface area contributed by atoms with E-state index in [2.05, 4.69) is 10.3 Å². The molecule has 0 spiro atoms. The minimum absolute atomic E-state index is 0.0270. The Labute approximate surface area is 131 Å². The van der Waals surface area contributed by atoms with Crippen LogP contribution in [0, 0.1) is 5.92 Å². The molecule has 1 aliphatic heterocycles. The van der Waals surface area contributed by atoms with Crippen molar-refractivity contribution >= 4 is 23.2 Å². The van der Waals surface area contributed by atoms with Gasteiger partial charge in [0.2, 0.25) is 0 Å². The van der Waals surface area contributed by atoms with Crippen molar-refractivity contribution in [1.82, 2.24) is 19.9 Å². The van der Waals surface area contributed by atoms with Crippen LogP contribution in [0.1, 0.15) is 32.2 Å². The van der Waals surface area contributed by atoms with Gasteiger partial charge in [-0.1, -0.05) is 5.21 Å². The molecule has 8 heteroatoms. The van der Waals surface area contributed by atoms with Crippen LogP contribution < -0.4 is 5.73 Å². The molecule has 1 aliphatic rings. The number of aromatic nitrogens is 3. The second-order valence-electron chi connectivity index (χ2n) is 5.41. The molecule has 2 N–H and O–H groups in total. The zero-order valence-electron chi connectivity index (χ0n) is 12.0. The number of piperidine rings is 1. The summed E-state index contributed by atoms with van der Waals surface area (Å²) in [5, 5.41) is 7.77. The third kappa shape index (κ3) is 3.16. The molecule has 1 fully saturated rings. The van der Waals surface area contributed by atoms with Crippen LogP contribution in [0.5, 0.6) is 0 Å². The highest BCUT2D eigenvalue weighted by Gasteiger charge is 2.26. The molecule has 1 unspecified atom stereocenters. The predicted octanol–water partition coefficient (Wildman–Crippen LogP) is 0.991. The fourth-order valence-corrected chi connectivity index (χ4v) is 3.56. The minimum Gasteiger partial charge on any atom is -0.365 e. The number of hydrogen-bond acceptors (Lipinski definition) is 5. The smallest absolute Gasteiger partial charge is 0.263 e. The molecule has 1 saturated heterocycles. The number of nitrogens with zero attached hydrogens (tertiary/aromatic N) is 4. The molecular formula is C14H17N5O2S. The molecule has 1 atom stereocenters. The Morgan fingerprint density at radius 3 is 2.86 bits per heavy atom. The van der Waals surface area contributed by atoms with Crippen molar-refractivity contribution in [3.8, 4) is 0 Å². The molecule has 0 aliphatic carbocycles. The number of carbonyl (C=O) groups excluding carboxylic acids is 2. The predicted molar refractivity (Wildman–Crippen MR) is 81.5 cm³/mol. The molecule has 7 nitrogen and oxygen atoms in total. The van der Waals surface area contributed by atoms with E-state index >= 15 is 0 Å². The summed E-state index contributed by atoms with van der Waals surface area (Å²) in [5.41, 5.74) is 5.23. The van der Waals surface area contributed by atoms with Gasteiger partial charge in [0.05, 0.1) is 16.0 Å². The van der Waals surface area contributed by atoms with Crippen LogP contribution >= 0.6 is 11.3 Å². The SMILES string of the molecule is NC(=O)c1ccc(C(=O)N2CCCC(Cn3ccnn3)C2)s1. The highest BCUT2D eigenvalue weighted by molar-refractivity contribution is 7.15. The normalized spacial score (nSPS) is 18.4. The summed E-state index contributed by atoms with van der Waals surface area (Å²) < 4.78 is 1.80. The van der Waals surface area contributed by atoms with E-state index in [9.17, 15) is 9.59 Å². The molecule has 0 aromatic carbocycles. The van der Waals surface area contributed by atoms with E-state index in [0.717, 1.165) is 37.3 Å². The van der Waals surface area contributed by atoms with Crippen molar-refractivity contribution in [1.29, 1.82) is 0 Å². The maximum atomic E-state index is 12.5. The van der Waals surface area contributed by atoms with E-state index in [1.54, 1.807) is 23.0 Å². The molecule has 0 radical (unpaired) electrons. The van der Waals surface area contributed by atoms with Gasteiger partial charge in [0.25, 0.3) is 11.8 Å². The lowest BCUT2D eigenvalue weighted by molar-refractivity contribution is 0.0664. The van der Waals surface area contributed by atoms with Crippen molar-refractivity contribution in [3.05, 3.63) is 34.3 Å². The van der Waals surface area contributed by atoms with Crippen LogP contribution in [0.3, 0.4) is 0 Å². The first-order valence-corrected chi connectivity index (χ1v) is 7.98. The second-order valence-corrected chi connectivity index (χ2v) is 6.50. The van der Waals surface area contributed by atoms with Gasteiger partial charge in [-0.05, 0) is 30.9 Å². The van der Waals surface area contributed by atoms with Gasteiger partial charge in [0, 0.05) is 25.8 Å². The number of nitrogens with two attached hydrogens (primary N) is 1. The topological polar surface area (TPSA) is 94.1 Å². The highest BCUT2D eigenvalue weighted by Crippen LogP contribution is 2.23. The van der Waals surface area contributed by atoms with Gasteiger partial charge >= 0.3 is 0 Å². The van der Waals surface area contributed by atoms with E-state index in [-0.39, 0.29) is 5.91 Å². The van der Waals surface area contributed by atoms with E-state index in [0.29, 0.717) is 22.2 Å². The number of rotatable bonds is 4. The van der Waals surface area contributed by atoms with E-state index in [1.807, 2.05) is 11.1 Å². The number of thiophene rings is 1. The standard InChI is InChI=1S/C14H17N5O2S/c15-13(20)11-3-4-12(22-11)14(21)18-6-1-2-10(8-18)9-19-7-5-16-17-19/h3-5,7,10H,1-2,6,8-9H2,(H2,15,20). The lowest BCUT2D eigenvalue weighted by atomic mass is 9.98. The number of hydrogen-bond donors (Lipinski definition) is 1. The van der Waals surface area contributed by atoms with Crippen molar-refractivity contribution in [3.63, 3.8) is 0 Å². The first-order valence-electron chi connectivity index (χ1n) is 7.16. The summed E-state index contributed by atoms with van der Waals surface area (Å²) >= 11 is 1.16. The average molecular weight is 319 g/mol. The fourth-order valence-electron chi connectivity index (χ4n) is 2.73. The van der Waals surface area contributed by atoms with Gasteiger partial charge in [-0.2, -0.15) is 0 Å². The third-order valence-corrected chi connectivity index (χ3v) is 4.87. The first-order chi connectivity index (χ1) is 10.6. The van der Waals surface area contributed by atoms with Crippen LogP contribution in [0.25, 0.3) is 0 Å². The lowest BCUT2D eigenvalue weighted by Gasteiger charge is -2.32. The average Bonchev–Trinajstić information content (AvgIpc) is 3.18. The van der Waals surface area contributed by atoms with Crippen LogP contribution in [0.2, 0.25) is 0 Å². The number of carbonyl (C=O) groups is 2. The molecule has 3 heterocycles. The minimum atomic E-state index is -0.494. The maximum absolute atomic E-state index is 12.5. The maximum Gasteiger partial charge on any atom is 0.263 e. The first kappa shape index (κ1) is 14.7. The van der Waals surface area contributed by atoms with Crippen molar-refractivity contribution in [2.45, 2.75) is 19.4 Å². The zero-order chi connectivity index (χ0) is 15.5. The Kier molecular flexibility index (Phi) is 4.19.